The zero-order valence-corrected chi connectivity index (χ0v) is 30.8. The van der Waals surface area contributed by atoms with E-state index in [1.54, 1.807) is 18.9 Å². The molecule has 3 saturated heterocycles. The lowest BCUT2D eigenvalue weighted by atomic mass is 9.94. The fraction of sp³-hybridized carbons (Fsp3) is 0.538. The molecule has 3 fully saturated rings. The summed E-state index contributed by atoms with van der Waals surface area (Å²) in [6.07, 6.45) is 5.33. The first-order chi connectivity index (χ1) is 25.5. The minimum atomic E-state index is -0.930. The second kappa shape index (κ2) is 18.3. The zero-order valence-electron chi connectivity index (χ0n) is 30.8. The van der Waals surface area contributed by atoms with Crippen molar-refractivity contribution in [3.05, 3.63) is 71.8 Å². The number of carbonyl (C=O) groups excluding carboxylic acids is 6. The van der Waals surface area contributed by atoms with Gasteiger partial charge < -0.3 is 30.7 Å². The molecule has 14 heteroatoms. The van der Waals surface area contributed by atoms with Crippen molar-refractivity contribution in [3.63, 3.8) is 0 Å². The topological polar surface area (TPSA) is 191 Å². The molecule has 0 bridgehead atoms. The molecule has 6 N–H and O–H groups in total. The number of nitrogens with one attached hydrogen (secondary N) is 2. The molecule has 0 unspecified atom stereocenters. The summed E-state index contributed by atoms with van der Waals surface area (Å²) < 4.78 is 0. The molecule has 6 atom stereocenters. The zero-order chi connectivity index (χ0) is 38.1. The summed E-state index contributed by atoms with van der Waals surface area (Å²) in [5, 5.41) is 2.75. The fourth-order valence-corrected chi connectivity index (χ4v) is 7.89. The molecule has 0 spiro atoms. The van der Waals surface area contributed by atoms with Crippen LogP contribution in [-0.4, -0.2) is 118 Å². The smallest absolute Gasteiger partial charge is 0.256 e. The normalized spacial score (nSPS) is 22.0. The van der Waals surface area contributed by atoms with Crippen molar-refractivity contribution in [1.82, 2.24) is 30.3 Å². The van der Waals surface area contributed by atoms with Gasteiger partial charge in [0.15, 0.2) is 0 Å². The standard InChI is InChI=1S/C39H54N8O6/c1-26(42-34(48)29(40)24-27-14-5-3-6-15-27)36(50)46-21-11-10-19-32(46)38(52)47-22-12-9-18-31(47)37(51)44(2)33(25-28-16-7-4-8-17-28)39(53)45-23-13-20-30(45)35(49)43-41/h3-8,14-17,26,29-33H,9-13,18-25,40-41H2,1-2H3,(H,42,48)(H,43,49)/t26-,29+,30-,31-,32+,33+/m0/s1. The summed E-state index contributed by atoms with van der Waals surface area (Å²) >= 11 is 0. The molecule has 2 aromatic rings. The Morgan fingerprint density at radius 2 is 1.25 bits per heavy atom. The van der Waals surface area contributed by atoms with Crippen molar-refractivity contribution in [2.75, 3.05) is 26.7 Å². The monoisotopic (exact) mass is 730 g/mol. The van der Waals surface area contributed by atoms with Gasteiger partial charge in [0.1, 0.15) is 30.2 Å². The Balaban J connectivity index is 1.31. The summed E-state index contributed by atoms with van der Waals surface area (Å²) in [5.74, 6) is 3.12. The van der Waals surface area contributed by atoms with Gasteiger partial charge in [-0.1, -0.05) is 60.7 Å². The number of amides is 6. The quantitative estimate of drug-likeness (QED) is 0.141. The minimum Gasteiger partial charge on any atom is -0.343 e. The van der Waals surface area contributed by atoms with E-state index in [1.165, 1.54) is 14.7 Å². The summed E-state index contributed by atoms with van der Waals surface area (Å²) in [6, 6.07) is 13.7. The number of hydrogen-bond donors (Lipinski definition) is 4. The number of nitrogens with zero attached hydrogens (tertiary/aromatic N) is 4. The largest absolute Gasteiger partial charge is 0.343 e. The number of nitrogens with two attached hydrogens (primary N) is 2. The van der Waals surface area contributed by atoms with Crippen molar-refractivity contribution in [2.24, 2.45) is 11.6 Å². The first-order valence-electron chi connectivity index (χ1n) is 18.8. The maximum absolute atomic E-state index is 14.5. The molecule has 2 aromatic carbocycles. The highest BCUT2D eigenvalue weighted by Gasteiger charge is 2.45. The predicted molar refractivity (Wildman–Crippen MR) is 198 cm³/mol. The van der Waals surface area contributed by atoms with Crippen molar-refractivity contribution >= 4 is 35.4 Å². The van der Waals surface area contributed by atoms with Crippen LogP contribution in [0.2, 0.25) is 0 Å². The fourth-order valence-electron chi connectivity index (χ4n) is 7.89. The third-order valence-corrected chi connectivity index (χ3v) is 10.9. The van der Waals surface area contributed by atoms with Crippen LogP contribution in [0, 0.1) is 0 Å². The molecule has 3 aliphatic rings. The highest BCUT2D eigenvalue weighted by Crippen LogP contribution is 2.27. The molecule has 3 aliphatic heterocycles. The maximum atomic E-state index is 14.5. The van der Waals surface area contributed by atoms with Gasteiger partial charge in [-0.3, -0.25) is 34.2 Å². The van der Waals surface area contributed by atoms with Crippen molar-refractivity contribution in [2.45, 2.75) is 107 Å². The molecule has 0 aromatic heterocycles. The lowest BCUT2D eigenvalue weighted by Crippen LogP contribution is -2.63. The number of hydrogen-bond acceptors (Lipinski definition) is 8. The van der Waals surface area contributed by atoms with E-state index >= 15 is 0 Å². The van der Waals surface area contributed by atoms with Crippen LogP contribution < -0.4 is 22.3 Å². The Morgan fingerprint density at radius 1 is 0.717 bits per heavy atom. The molecule has 286 valence electrons. The molecule has 0 aliphatic carbocycles. The molecule has 0 radical (unpaired) electrons. The molecule has 5 rings (SSSR count). The number of carbonyl (C=O) groups is 6. The van der Waals surface area contributed by atoms with Gasteiger partial charge in [0.25, 0.3) is 5.91 Å². The second-order valence-electron chi connectivity index (χ2n) is 14.5. The first kappa shape index (κ1) is 39.4. The summed E-state index contributed by atoms with van der Waals surface area (Å²) in [5.41, 5.74) is 10.1. The van der Waals surface area contributed by atoms with E-state index in [0.29, 0.717) is 64.6 Å². The van der Waals surface area contributed by atoms with E-state index in [-0.39, 0.29) is 30.0 Å². The molecular formula is C39H54N8O6. The summed E-state index contributed by atoms with van der Waals surface area (Å²) in [7, 11) is 1.59. The van der Waals surface area contributed by atoms with E-state index < -0.39 is 48.1 Å². The highest BCUT2D eigenvalue weighted by atomic mass is 16.2. The van der Waals surface area contributed by atoms with E-state index in [2.05, 4.69) is 10.7 Å². The first-order valence-corrected chi connectivity index (χ1v) is 18.8. The maximum Gasteiger partial charge on any atom is 0.256 e. The van der Waals surface area contributed by atoms with Gasteiger partial charge in [-0.15, -0.1) is 0 Å². The number of likely N-dealkylation sites (N-methyl/N-ethyl adjacent to an activating group) is 1. The van der Waals surface area contributed by atoms with Gasteiger partial charge in [0.05, 0.1) is 6.04 Å². The number of hydrazine groups is 1. The Kier molecular flexibility index (Phi) is 13.6. The average molecular weight is 731 g/mol. The van der Waals surface area contributed by atoms with Crippen LogP contribution in [0.25, 0.3) is 0 Å². The van der Waals surface area contributed by atoms with E-state index in [9.17, 15) is 28.8 Å². The molecule has 3 heterocycles. The van der Waals surface area contributed by atoms with Gasteiger partial charge in [0, 0.05) is 33.1 Å². The SMILES string of the molecule is C[C@H](NC(=O)[C@H](N)Cc1ccccc1)C(=O)N1CCCC[C@@H]1C(=O)N1CCCC[C@H]1C(=O)N(C)[C@H](Cc1ccccc1)C(=O)N1CCC[C@H]1C(=O)NN. The Hall–Kier alpha value is -4.82. The van der Waals surface area contributed by atoms with Gasteiger partial charge in [-0.2, -0.15) is 0 Å². The van der Waals surface area contributed by atoms with Gasteiger partial charge in [0.2, 0.25) is 29.5 Å². The minimum absolute atomic E-state index is 0.222. The average Bonchev–Trinajstić information content (AvgIpc) is 3.69. The Bertz CT molecular complexity index is 1610. The van der Waals surface area contributed by atoms with Crippen LogP contribution in [0.4, 0.5) is 0 Å². The van der Waals surface area contributed by atoms with Gasteiger partial charge in [-0.05, 0) is 75.8 Å². The second-order valence-corrected chi connectivity index (χ2v) is 14.5. The van der Waals surface area contributed by atoms with Crippen molar-refractivity contribution in [3.8, 4) is 0 Å². The van der Waals surface area contributed by atoms with Crippen LogP contribution in [0.1, 0.15) is 69.4 Å². The number of piperidine rings is 2. The Labute approximate surface area is 311 Å². The molecule has 53 heavy (non-hydrogen) atoms. The Morgan fingerprint density at radius 3 is 1.87 bits per heavy atom. The number of benzene rings is 2. The van der Waals surface area contributed by atoms with Crippen molar-refractivity contribution in [1.29, 1.82) is 0 Å². The van der Waals surface area contributed by atoms with Crippen molar-refractivity contribution < 1.29 is 28.8 Å². The summed E-state index contributed by atoms with van der Waals surface area (Å²) in [6.45, 7) is 2.64. The third-order valence-electron chi connectivity index (χ3n) is 10.9. The van der Waals surface area contributed by atoms with Crippen LogP contribution in [-0.2, 0) is 41.6 Å². The molecule has 0 saturated carbocycles. The number of likely N-dealkylation sites (tertiary alicyclic amines) is 3. The van der Waals surface area contributed by atoms with Gasteiger partial charge in [-0.25, -0.2) is 5.84 Å². The lowest BCUT2D eigenvalue weighted by Gasteiger charge is -2.43. The third kappa shape index (κ3) is 9.41. The van der Waals surface area contributed by atoms with E-state index in [0.717, 1.165) is 24.0 Å². The lowest BCUT2D eigenvalue weighted by molar-refractivity contribution is -0.157. The van der Waals surface area contributed by atoms with E-state index in [4.69, 9.17) is 11.6 Å². The molecule has 6 amide bonds. The van der Waals surface area contributed by atoms with Crippen LogP contribution >= 0.6 is 0 Å². The van der Waals surface area contributed by atoms with Gasteiger partial charge >= 0.3 is 0 Å². The van der Waals surface area contributed by atoms with Crippen LogP contribution in [0.3, 0.4) is 0 Å². The van der Waals surface area contributed by atoms with Crippen LogP contribution in [0.5, 0.6) is 0 Å². The predicted octanol–water partition coefficient (Wildman–Crippen LogP) is 0.874. The molecule has 14 nitrogen and oxygen atoms in total. The number of rotatable bonds is 12. The van der Waals surface area contributed by atoms with Crippen LogP contribution in [0.15, 0.2) is 60.7 Å². The molecular weight excluding hydrogens is 676 g/mol. The summed E-state index contributed by atoms with van der Waals surface area (Å²) in [4.78, 5) is 88.6. The van der Waals surface area contributed by atoms with E-state index in [1.807, 2.05) is 60.7 Å². The highest BCUT2D eigenvalue weighted by molar-refractivity contribution is 5.97.